The van der Waals surface area contributed by atoms with Crippen LogP contribution in [0.4, 0.5) is 0 Å². The first-order valence-electron chi connectivity index (χ1n) is 8.96. The molecule has 1 fully saturated rings. The van der Waals surface area contributed by atoms with Crippen LogP contribution in [-0.2, 0) is 14.6 Å². The van der Waals surface area contributed by atoms with Crippen LogP contribution >= 0.6 is 0 Å². The van der Waals surface area contributed by atoms with Gasteiger partial charge in [0.05, 0.1) is 11.5 Å². The maximum absolute atomic E-state index is 12.8. The maximum atomic E-state index is 12.8. The van der Waals surface area contributed by atoms with Gasteiger partial charge in [0.15, 0.2) is 16.4 Å². The highest BCUT2D eigenvalue weighted by Gasteiger charge is 2.34. The predicted octanol–water partition coefficient (Wildman–Crippen LogP) is 2.89. The first-order valence-corrected chi connectivity index (χ1v) is 10.8. The Balaban J connectivity index is 1.73. The quantitative estimate of drug-likeness (QED) is 0.779. The van der Waals surface area contributed by atoms with Crippen molar-refractivity contribution in [1.29, 1.82) is 0 Å². The smallest absolute Gasteiger partial charge is 0.260 e. The first-order chi connectivity index (χ1) is 12.4. The highest BCUT2D eigenvalue weighted by atomic mass is 32.2. The van der Waals surface area contributed by atoms with Gasteiger partial charge in [-0.05, 0) is 23.8 Å². The van der Waals surface area contributed by atoms with Crippen molar-refractivity contribution in [3.8, 4) is 5.75 Å². The monoisotopic (exact) mass is 375 g/mol. The van der Waals surface area contributed by atoms with E-state index in [0.717, 1.165) is 10.8 Å². The molecule has 1 heterocycles. The van der Waals surface area contributed by atoms with E-state index in [1.54, 1.807) is 4.90 Å². The summed E-state index contributed by atoms with van der Waals surface area (Å²) in [5, 5.41) is 2.01. The van der Waals surface area contributed by atoms with Gasteiger partial charge in [-0.2, -0.15) is 0 Å². The summed E-state index contributed by atoms with van der Waals surface area (Å²) in [6, 6.07) is 13.4. The number of fused-ring (bicyclic) bond motifs is 1. The van der Waals surface area contributed by atoms with E-state index in [0.29, 0.717) is 18.7 Å². The third-order valence-electron chi connectivity index (χ3n) is 4.63. The Morgan fingerprint density at radius 2 is 1.92 bits per heavy atom. The van der Waals surface area contributed by atoms with Crippen LogP contribution < -0.4 is 4.74 Å². The minimum Gasteiger partial charge on any atom is -0.483 e. The van der Waals surface area contributed by atoms with E-state index in [2.05, 4.69) is 0 Å². The molecule has 2 aromatic rings. The summed E-state index contributed by atoms with van der Waals surface area (Å²) in [5.41, 5.74) is 0. The van der Waals surface area contributed by atoms with Crippen LogP contribution in [0, 0.1) is 5.92 Å². The van der Waals surface area contributed by atoms with Gasteiger partial charge in [-0.25, -0.2) is 8.42 Å². The van der Waals surface area contributed by atoms with Gasteiger partial charge in [0.1, 0.15) is 5.75 Å². The predicted molar refractivity (Wildman–Crippen MR) is 103 cm³/mol. The second-order valence-electron chi connectivity index (χ2n) is 7.26. The molecule has 0 N–H and O–H groups in total. The zero-order chi connectivity index (χ0) is 18.7. The molecule has 5 nitrogen and oxygen atoms in total. The van der Waals surface area contributed by atoms with Gasteiger partial charge in [0.25, 0.3) is 5.91 Å². The Hall–Kier alpha value is -2.08. The SMILES string of the molecule is CC(C)CN(C(=O)COc1cccc2ccccc12)C1CCS(=O)(=O)C1. The Morgan fingerprint density at radius 3 is 2.62 bits per heavy atom. The minimum absolute atomic E-state index is 0.0553. The Kier molecular flexibility index (Phi) is 5.51. The summed E-state index contributed by atoms with van der Waals surface area (Å²) in [6.07, 6.45) is 0.509. The van der Waals surface area contributed by atoms with Gasteiger partial charge in [0.2, 0.25) is 0 Å². The molecule has 0 bridgehead atoms. The van der Waals surface area contributed by atoms with Crippen molar-refractivity contribution in [2.24, 2.45) is 5.92 Å². The Bertz CT molecular complexity index is 886. The molecule has 0 saturated carbocycles. The molecule has 1 aliphatic heterocycles. The molecule has 1 saturated heterocycles. The third-order valence-corrected chi connectivity index (χ3v) is 6.38. The fourth-order valence-electron chi connectivity index (χ4n) is 3.41. The number of carbonyl (C=O) groups is 1. The zero-order valence-electron chi connectivity index (χ0n) is 15.2. The third kappa shape index (κ3) is 4.36. The van der Waals surface area contributed by atoms with E-state index in [1.807, 2.05) is 56.3 Å². The lowest BCUT2D eigenvalue weighted by Crippen LogP contribution is -2.45. The molecule has 26 heavy (non-hydrogen) atoms. The number of nitrogens with zero attached hydrogens (tertiary/aromatic N) is 1. The lowest BCUT2D eigenvalue weighted by molar-refractivity contribution is -0.135. The molecule has 0 radical (unpaired) electrons. The maximum Gasteiger partial charge on any atom is 0.260 e. The summed E-state index contributed by atoms with van der Waals surface area (Å²) < 4.78 is 29.4. The van der Waals surface area contributed by atoms with Crippen LogP contribution in [-0.4, -0.2) is 49.9 Å². The molecule has 0 aliphatic carbocycles. The van der Waals surface area contributed by atoms with Crippen molar-refractivity contribution in [3.05, 3.63) is 42.5 Å². The average Bonchev–Trinajstić information content (AvgIpc) is 2.97. The second kappa shape index (κ2) is 7.66. The van der Waals surface area contributed by atoms with Crippen molar-refractivity contribution in [1.82, 2.24) is 4.90 Å². The number of hydrogen-bond acceptors (Lipinski definition) is 4. The van der Waals surface area contributed by atoms with Crippen LogP contribution in [0.25, 0.3) is 10.8 Å². The highest BCUT2D eigenvalue weighted by Crippen LogP contribution is 2.25. The normalized spacial score (nSPS) is 19.0. The molecule has 3 rings (SSSR count). The number of carbonyl (C=O) groups excluding carboxylic acids is 1. The molecule has 6 heteroatoms. The number of sulfone groups is 1. The van der Waals surface area contributed by atoms with Gasteiger partial charge in [-0.3, -0.25) is 4.79 Å². The molecule has 1 unspecified atom stereocenters. The van der Waals surface area contributed by atoms with E-state index in [-0.39, 0.29) is 36.0 Å². The topological polar surface area (TPSA) is 63.7 Å². The molecule has 1 atom stereocenters. The van der Waals surface area contributed by atoms with Gasteiger partial charge < -0.3 is 9.64 Å². The van der Waals surface area contributed by atoms with Crippen LogP contribution in [0.5, 0.6) is 5.75 Å². The number of ether oxygens (including phenoxy) is 1. The van der Waals surface area contributed by atoms with Crippen molar-refractivity contribution >= 4 is 26.5 Å². The molecule has 1 aliphatic rings. The van der Waals surface area contributed by atoms with Gasteiger partial charge >= 0.3 is 0 Å². The average molecular weight is 375 g/mol. The molecule has 0 spiro atoms. The van der Waals surface area contributed by atoms with E-state index < -0.39 is 9.84 Å². The van der Waals surface area contributed by atoms with Gasteiger partial charge in [-0.1, -0.05) is 50.2 Å². The van der Waals surface area contributed by atoms with Gasteiger partial charge in [-0.15, -0.1) is 0 Å². The lowest BCUT2D eigenvalue weighted by atomic mass is 10.1. The zero-order valence-corrected chi connectivity index (χ0v) is 16.0. The van der Waals surface area contributed by atoms with Crippen molar-refractivity contribution < 1.29 is 17.9 Å². The number of hydrogen-bond donors (Lipinski definition) is 0. The molecule has 2 aromatic carbocycles. The minimum atomic E-state index is -3.04. The standard InChI is InChI=1S/C20H25NO4S/c1-15(2)12-21(17-10-11-26(23,24)14-17)20(22)13-25-19-9-5-7-16-6-3-4-8-18(16)19/h3-9,15,17H,10-14H2,1-2H3. The van der Waals surface area contributed by atoms with E-state index in [4.69, 9.17) is 4.74 Å². The van der Waals surface area contributed by atoms with Crippen molar-refractivity contribution in [2.75, 3.05) is 24.7 Å². The van der Waals surface area contributed by atoms with Gasteiger partial charge in [0, 0.05) is 18.0 Å². The summed E-state index contributed by atoms with van der Waals surface area (Å²) >= 11 is 0. The van der Waals surface area contributed by atoms with Crippen LogP contribution in [0.15, 0.2) is 42.5 Å². The van der Waals surface area contributed by atoms with Crippen molar-refractivity contribution in [2.45, 2.75) is 26.3 Å². The summed E-state index contributed by atoms with van der Waals surface area (Å²) in [6.45, 7) is 4.50. The number of rotatable bonds is 6. The summed E-state index contributed by atoms with van der Waals surface area (Å²) in [5.74, 6) is 0.984. The lowest BCUT2D eigenvalue weighted by Gasteiger charge is -2.30. The van der Waals surface area contributed by atoms with Crippen LogP contribution in [0.2, 0.25) is 0 Å². The van der Waals surface area contributed by atoms with Crippen LogP contribution in [0.3, 0.4) is 0 Å². The molecular formula is C20H25NO4S. The van der Waals surface area contributed by atoms with Crippen LogP contribution in [0.1, 0.15) is 20.3 Å². The second-order valence-corrected chi connectivity index (χ2v) is 9.49. The van der Waals surface area contributed by atoms with E-state index in [1.165, 1.54) is 0 Å². The fraction of sp³-hybridized carbons (Fsp3) is 0.450. The molecular weight excluding hydrogens is 350 g/mol. The highest BCUT2D eigenvalue weighted by molar-refractivity contribution is 7.91. The largest absolute Gasteiger partial charge is 0.483 e. The Labute approximate surface area is 154 Å². The summed E-state index contributed by atoms with van der Waals surface area (Å²) in [4.78, 5) is 14.5. The molecule has 0 aromatic heterocycles. The number of benzene rings is 2. The summed E-state index contributed by atoms with van der Waals surface area (Å²) in [7, 11) is -3.04. The Morgan fingerprint density at radius 1 is 1.19 bits per heavy atom. The fourth-order valence-corrected chi connectivity index (χ4v) is 5.14. The number of amides is 1. The molecule has 140 valence electrons. The first kappa shape index (κ1) is 18.7. The molecule has 1 amide bonds. The van der Waals surface area contributed by atoms with Crippen molar-refractivity contribution in [3.63, 3.8) is 0 Å². The van der Waals surface area contributed by atoms with E-state index in [9.17, 15) is 13.2 Å². The van der Waals surface area contributed by atoms with E-state index >= 15 is 0 Å².